The second-order valence-corrected chi connectivity index (χ2v) is 5.66. The van der Waals surface area contributed by atoms with Crippen molar-refractivity contribution in [1.29, 1.82) is 0 Å². The lowest BCUT2D eigenvalue weighted by Gasteiger charge is -2.10. The predicted molar refractivity (Wildman–Crippen MR) is 82.6 cm³/mol. The Morgan fingerprint density at radius 1 is 1.35 bits per heavy atom. The van der Waals surface area contributed by atoms with Gasteiger partial charge in [-0.2, -0.15) is 0 Å². The molecule has 0 saturated heterocycles. The molecule has 0 unspecified atom stereocenters. The van der Waals surface area contributed by atoms with Crippen LogP contribution in [0.5, 0.6) is 0 Å². The van der Waals surface area contributed by atoms with Gasteiger partial charge in [-0.25, -0.2) is 4.39 Å². The average molecular weight is 357 g/mol. The first-order valence-corrected chi connectivity index (χ1v) is 7.13. The Morgan fingerprint density at radius 3 is 2.70 bits per heavy atom. The highest BCUT2D eigenvalue weighted by atomic mass is 79.9. The summed E-state index contributed by atoms with van der Waals surface area (Å²) in [5.74, 6) is -0.660. The summed E-state index contributed by atoms with van der Waals surface area (Å²) in [5, 5.41) is 2.86. The summed E-state index contributed by atoms with van der Waals surface area (Å²) in [4.78, 5) is 12.0. The van der Waals surface area contributed by atoms with Crippen molar-refractivity contribution in [3.63, 3.8) is 0 Å². The normalized spacial score (nSPS) is 10.4. The molecule has 104 valence electrons. The summed E-state index contributed by atoms with van der Waals surface area (Å²) in [6.07, 6.45) is 0.243. The molecule has 0 atom stereocenters. The summed E-state index contributed by atoms with van der Waals surface area (Å²) >= 11 is 9.12. The van der Waals surface area contributed by atoms with Gasteiger partial charge in [-0.3, -0.25) is 4.79 Å². The molecule has 0 saturated carbocycles. The van der Waals surface area contributed by atoms with Crippen molar-refractivity contribution in [1.82, 2.24) is 0 Å². The van der Waals surface area contributed by atoms with Gasteiger partial charge in [0.15, 0.2) is 0 Å². The summed E-state index contributed by atoms with van der Waals surface area (Å²) < 4.78 is 13.5. The number of benzene rings is 2. The zero-order chi connectivity index (χ0) is 14.7. The maximum atomic E-state index is 13.1. The van der Waals surface area contributed by atoms with E-state index in [0.29, 0.717) is 10.2 Å². The SMILES string of the molecule is Cc1ccccc1CC(=O)Nc1c(Cl)cc(F)cc1Br. The van der Waals surface area contributed by atoms with Crippen LogP contribution in [0.15, 0.2) is 40.9 Å². The molecule has 0 aliphatic heterocycles. The van der Waals surface area contributed by atoms with Crippen LogP contribution >= 0.6 is 27.5 Å². The smallest absolute Gasteiger partial charge is 0.228 e. The van der Waals surface area contributed by atoms with E-state index >= 15 is 0 Å². The minimum absolute atomic E-state index is 0.162. The lowest BCUT2D eigenvalue weighted by atomic mass is 10.1. The third-order valence-electron chi connectivity index (χ3n) is 2.88. The topological polar surface area (TPSA) is 29.1 Å². The number of carbonyl (C=O) groups excluding carboxylic acids is 1. The fourth-order valence-electron chi connectivity index (χ4n) is 1.83. The number of nitrogens with one attached hydrogen (secondary N) is 1. The first-order valence-electron chi connectivity index (χ1n) is 5.96. The van der Waals surface area contributed by atoms with Gasteiger partial charge in [-0.05, 0) is 46.1 Å². The van der Waals surface area contributed by atoms with Crippen LogP contribution in [0.1, 0.15) is 11.1 Å². The van der Waals surface area contributed by atoms with Crippen molar-refractivity contribution >= 4 is 39.1 Å². The van der Waals surface area contributed by atoms with E-state index in [0.717, 1.165) is 17.2 Å². The molecule has 2 nitrogen and oxygen atoms in total. The van der Waals surface area contributed by atoms with Gasteiger partial charge in [0.25, 0.3) is 0 Å². The third-order valence-corrected chi connectivity index (χ3v) is 3.81. The molecule has 0 aromatic heterocycles. The number of amides is 1. The molecular formula is C15H12BrClFNO. The minimum Gasteiger partial charge on any atom is -0.324 e. The first-order chi connectivity index (χ1) is 9.47. The van der Waals surface area contributed by atoms with E-state index < -0.39 is 5.82 Å². The van der Waals surface area contributed by atoms with Gasteiger partial charge in [0.05, 0.1) is 17.1 Å². The van der Waals surface area contributed by atoms with E-state index in [1.807, 2.05) is 31.2 Å². The van der Waals surface area contributed by atoms with Gasteiger partial charge < -0.3 is 5.32 Å². The minimum atomic E-state index is -0.459. The highest BCUT2D eigenvalue weighted by Crippen LogP contribution is 2.31. The highest BCUT2D eigenvalue weighted by molar-refractivity contribution is 9.10. The summed E-state index contributed by atoms with van der Waals surface area (Å²) in [6.45, 7) is 1.95. The van der Waals surface area contributed by atoms with Crippen molar-refractivity contribution in [3.05, 3.63) is 62.8 Å². The fraction of sp³-hybridized carbons (Fsp3) is 0.133. The second-order valence-electron chi connectivity index (χ2n) is 4.40. The maximum Gasteiger partial charge on any atom is 0.228 e. The van der Waals surface area contributed by atoms with E-state index in [4.69, 9.17) is 11.6 Å². The summed E-state index contributed by atoms with van der Waals surface area (Å²) in [5.41, 5.74) is 2.37. The Balaban J connectivity index is 2.15. The van der Waals surface area contributed by atoms with Crippen LogP contribution < -0.4 is 5.32 Å². The highest BCUT2D eigenvalue weighted by Gasteiger charge is 2.12. The summed E-state index contributed by atoms with van der Waals surface area (Å²) in [6, 6.07) is 10.1. The lowest BCUT2D eigenvalue weighted by Crippen LogP contribution is -2.15. The zero-order valence-corrected chi connectivity index (χ0v) is 13.1. The number of carbonyl (C=O) groups is 1. The molecule has 0 heterocycles. The molecular weight excluding hydrogens is 345 g/mol. The quantitative estimate of drug-likeness (QED) is 0.846. The molecule has 0 bridgehead atoms. The van der Waals surface area contributed by atoms with Gasteiger partial charge in [-0.15, -0.1) is 0 Å². The van der Waals surface area contributed by atoms with Gasteiger partial charge in [0.1, 0.15) is 5.82 Å². The van der Waals surface area contributed by atoms with E-state index in [9.17, 15) is 9.18 Å². The van der Waals surface area contributed by atoms with Crippen molar-refractivity contribution in [3.8, 4) is 0 Å². The molecule has 1 N–H and O–H groups in total. The molecule has 2 aromatic carbocycles. The standard InChI is InChI=1S/C15H12BrClFNO/c1-9-4-2-3-5-10(9)6-14(20)19-15-12(16)7-11(18)8-13(15)17/h2-5,7-8H,6H2,1H3,(H,19,20). The van der Waals surface area contributed by atoms with E-state index in [2.05, 4.69) is 21.2 Å². The molecule has 20 heavy (non-hydrogen) atoms. The Hall–Kier alpha value is -1.39. The van der Waals surface area contributed by atoms with Crippen molar-refractivity contribution in [2.24, 2.45) is 0 Å². The predicted octanol–water partition coefficient (Wildman–Crippen LogP) is 4.73. The second kappa shape index (κ2) is 6.37. The number of aryl methyl sites for hydroxylation is 1. The van der Waals surface area contributed by atoms with E-state index in [1.165, 1.54) is 6.07 Å². The van der Waals surface area contributed by atoms with Gasteiger partial charge in [0.2, 0.25) is 5.91 Å². The number of anilines is 1. The summed E-state index contributed by atoms with van der Waals surface area (Å²) in [7, 11) is 0. The van der Waals surface area contributed by atoms with Crippen LogP contribution in [0.4, 0.5) is 10.1 Å². The van der Waals surface area contributed by atoms with Crippen LogP contribution in [0.25, 0.3) is 0 Å². The lowest BCUT2D eigenvalue weighted by molar-refractivity contribution is -0.115. The van der Waals surface area contributed by atoms with Crippen LogP contribution in [0, 0.1) is 12.7 Å². The maximum absolute atomic E-state index is 13.1. The monoisotopic (exact) mass is 355 g/mol. The number of rotatable bonds is 3. The molecule has 0 aliphatic rings. The first kappa shape index (κ1) is 15.0. The Bertz CT molecular complexity index is 637. The molecule has 0 radical (unpaired) electrons. The van der Waals surface area contributed by atoms with Crippen LogP contribution in [0.3, 0.4) is 0 Å². The largest absolute Gasteiger partial charge is 0.324 e. The van der Waals surface area contributed by atoms with Crippen LogP contribution in [0.2, 0.25) is 5.02 Å². The fourth-order valence-corrected chi connectivity index (χ4v) is 2.73. The van der Waals surface area contributed by atoms with Crippen molar-refractivity contribution in [2.75, 3.05) is 5.32 Å². The van der Waals surface area contributed by atoms with Crippen LogP contribution in [-0.2, 0) is 11.2 Å². The molecule has 0 aliphatic carbocycles. The molecule has 0 spiro atoms. The van der Waals surface area contributed by atoms with E-state index in [1.54, 1.807) is 0 Å². The Morgan fingerprint density at radius 2 is 2.05 bits per heavy atom. The molecule has 5 heteroatoms. The average Bonchev–Trinajstić information content (AvgIpc) is 2.36. The number of hydrogen-bond acceptors (Lipinski definition) is 1. The Kier molecular flexibility index (Phi) is 4.78. The zero-order valence-electron chi connectivity index (χ0n) is 10.7. The molecule has 0 fully saturated rings. The van der Waals surface area contributed by atoms with E-state index in [-0.39, 0.29) is 17.4 Å². The van der Waals surface area contributed by atoms with Crippen LogP contribution in [-0.4, -0.2) is 5.91 Å². The molecule has 2 aromatic rings. The van der Waals surface area contributed by atoms with Gasteiger partial charge in [-0.1, -0.05) is 35.9 Å². The number of hydrogen-bond donors (Lipinski definition) is 1. The van der Waals surface area contributed by atoms with Crippen molar-refractivity contribution < 1.29 is 9.18 Å². The van der Waals surface area contributed by atoms with Gasteiger partial charge in [0, 0.05) is 4.47 Å². The van der Waals surface area contributed by atoms with Gasteiger partial charge >= 0.3 is 0 Å². The third kappa shape index (κ3) is 3.58. The molecule has 1 amide bonds. The van der Waals surface area contributed by atoms with Crippen molar-refractivity contribution in [2.45, 2.75) is 13.3 Å². The molecule has 2 rings (SSSR count). The Labute approximate surface area is 130 Å². The number of halogens is 3.